The standard InChI is InChI=1S/C14H29N3O/c1-5-11(15-3)10-12-13(16-4)8-7-9-14(12)17-18-6-2/h11-13,15-16H,5-10H2,1-4H3. The Morgan fingerprint density at radius 2 is 2.17 bits per heavy atom. The van der Waals surface area contributed by atoms with Gasteiger partial charge in [0, 0.05) is 18.0 Å². The molecular formula is C14H29N3O. The molecular weight excluding hydrogens is 226 g/mol. The Bertz CT molecular complexity index is 251. The van der Waals surface area contributed by atoms with Crippen LogP contribution in [0.1, 0.15) is 46.0 Å². The maximum absolute atomic E-state index is 5.28. The van der Waals surface area contributed by atoms with Gasteiger partial charge in [0.05, 0.1) is 5.71 Å². The van der Waals surface area contributed by atoms with Crippen molar-refractivity contribution in [1.82, 2.24) is 10.6 Å². The van der Waals surface area contributed by atoms with Gasteiger partial charge in [0.2, 0.25) is 0 Å². The molecule has 0 radical (unpaired) electrons. The van der Waals surface area contributed by atoms with E-state index >= 15 is 0 Å². The summed E-state index contributed by atoms with van der Waals surface area (Å²) < 4.78 is 0. The maximum atomic E-state index is 5.28. The van der Waals surface area contributed by atoms with Crippen molar-refractivity contribution in [2.75, 3.05) is 20.7 Å². The van der Waals surface area contributed by atoms with Gasteiger partial charge >= 0.3 is 0 Å². The third kappa shape index (κ3) is 4.25. The van der Waals surface area contributed by atoms with Gasteiger partial charge in [0.15, 0.2) is 0 Å². The molecule has 2 N–H and O–H groups in total. The summed E-state index contributed by atoms with van der Waals surface area (Å²) in [5.41, 5.74) is 1.25. The fourth-order valence-electron chi connectivity index (χ4n) is 2.82. The molecule has 1 rings (SSSR count). The van der Waals surface area contributed by atoms with Crippen LogP contribution in [0.3, 0.4) is 0 Å². The van der Waals surface area contributed by atoms with Gasteiger partial charge in [-0.15, -0.1) is 0 Å². The van der Waals surface area contributed by atoms with E-state index in [1.54, 1.807) is 0 Å². The topological polar surface area (TPSA) is 45.6 Å². The summed E-state index contributed by atoms with van der Waals surface area (Å²) >= 11 is 0. The first-order valence-corrected chi connectivity index (χ1v) is 7.29. The second kappa shape index (κ2) is 8.48. The van der Waals surface area contributed by atoms with E-state index in [0.717, 1.165) is 19.3 Å². The number of hydrogen-bond donors (Lipinski definition) is 2. The van der Waals surface area contributed by atoms with Crippen LogP contribution in [-0.4, -0.2) is 38.5 Å². The van der Waals surface area contributed by atoms with Gasteiger partial charge in [-0.25, -0.2) is 0 Å². The second-order valence-electron chi connectivity index (χ2n) is 5.02. The van der Waals surface area contributed by atoms with Crippen LogP contribution >= 0.6 is 0 Å². The van der Waals surface area contributed by atoms with Gasteiger partial charge in [-0.3, -0.25) is 0 Å². The largest absolute Gasteiger partial charge is 0.396 e. The zero-order valence-electron chi connectivity index (χ0n) is 12.3. The van der Waals surface area contributed by atoms with Crippen molar-refractivity contribution in [3.8, 4) is 0 Å². The van der Waals surface area contributed by atoms with Gasteiger partial charge in [-0.05, 0) is 53.1 Å². The highest BCUT2D eigenvalue weighted by Crippen LogP contribution is 2.27. The van der Waals surface area contributed by atoms with E-state index in [4.69, 9.17) is 4.84 Å². The first-order chi connectivity index (χ1) is 8.76. The van der Waals surface area contributed by atoms with Gasteiger partial charge < -0.3 is 15.5 Å². The molecule has 1 fully saturated rings. The number of nitrogens with one attached hydrogen (secondary N) is 2. The number of hydrogen-bond acceptors (Lipinski definition) is 4. The average Bonchev–Trinajstić information content (AvgIpc) is 2.42. The van der Waals surface area contributed by atoms with Gasteiger partial charge in [0.1, 0.15) is 6.61 Å². The Hall–Kier alpha value is -0.610. The average molecular weight is 255 g/mol. The third-order valence-corrected chi connectivity index (χ3v) is 3.98. The summed E-state index contributed by atoms with van der Waals surface area (Å²) in [6.45, 7) is 4.88. The van der Waals surface area contributed by atoms with E-state index in [2.05, 4.69) is 29.8 Å². The van der Waals surface area contributed by atoms with E-state index in [-0.39, 0.29) is 0 Å². The molecule has 1 saturated carbocycles. The Morgan fingerprint density at radius 1 is 1.39 bits per heavy atom. The molecule has 0 aliphatic heterocycles. The molecule has 4 heteroatoms. The Kier molecular flexibility index (Phi) is 7.28. The van der Waals surface area contributed by atoms with Crippen LogP contribution < -0.4 is 10.6 Å². The van der Waals surface area contributed by atoms with Crippen molar-refractivity contribution < 1.29 is 4.84 Å². The summed E-state index contributed by atoms with van der Waals surface area (Å²) in [6.07, 6.45) is 5.84. The lowest BCUT2D eigenvalue weighted by Crippen LogP contribution is -2.44. The van der Waals surface area contributed by atoms with Crippen LogP contribution in [0.15, 0.2) is 5.16 Å². The van der Waals surface area contributed by atoms with Crippen molar-refractivity contribution in [1.29, 1.82) is 0 Å². The normalized spacial score (nSPS) is 28.3. The minimum absolute atomic E-state index is 0.507. The van der Waals surface area contributed by atoms with Crippen LogP contribution in [0.2, 0.25) is 0 Å². The van der Waals surface area contributed by atoms with Crippen molar-refractivity contribution in [2.45, 2.75) is 58.0 Å². The fourth-order valence-corrected chi connectivity index (χ4v) is 2.82. The zero-order chi connectivity index (χ0) is 13.4. The Morgan fingerprint density at radius 3 is 2.72 bits per heavy atom. The lowest BCUT2D eigenvalue weighted by atomic mass is 9.79. The summed E-state index contributed by atoms with van der Waals surface area (Å²) in [4.78, 5) is 5.28. The molecule has 0 amide bonds. The molecule has 0 aromatic rings. The first-order valence-electron chi connectivity index (χ1n) is 7.29. The van der Waals surface area contributed by atoms with Crippen LogP contribution in [0.4, 0.5) is 0 Å². The Balaban J connectivity index is 2.73. The second-order valence-corrected chi connectivity index (χ2v) is 5.02. The minimum Gasteiger partial charge on any atom is -0.396 e. The molecule has 0 heterocycles. The van der Waals surface area contributed by atoms with E-state index in [9.17, 15) is 0 Å². The zero-order valence-corrected chi connectivity index (χ0v) is 12.3. The summed E-state index contributed by atoms with van der Waals surface area (Å²) in [5, 5.41) is 11.2. The predicted molar refractivity (Wildman–Crippen MR) is 77.0 cm³/mol. The molecule has 18 heavy (non-hydrogen) atoms. The van der Waals surface area contributed by atoms with E-state index in [1.165, 1.54) is 18.6 Å². The van der Waals surface area contributed by atoms with Crippen molar-refractivity contribution in [2.24, 2.45) is 11.1 Å². The smallest absolute Gasteiger partial charge is 0.114 e. The summed E-state index contributed by atoms with van der Waals surface area (Å²) in [7, 11) is 4.10. The number of nitrogens with zero attached hydrogens (tertiary/aromatic N) is 1. The lowest BCUT2D eigenvalue weighted by molar-refractivity contribution is 0.153. The lowest BCUT2D eigenvalue weighted by Gasteiger charge is -2.34. The molecule has 0 aromatic carbocycles. The molecule has 3 unspecified atom stereocenters. The first kappa shape index (κ1) is 15.4. The monoisotopic (exact) mass is 255 g/mol. The quantitative estimate of drug-likeness (QED) is 0.685. The summed E-state index contributed by atoms with van der Waals surface area (Å²) in [5.74, 6) is 0.507. The van der Waals surface area contributed by atoms with E-state index in [1.807, 2.05) is 14.0 Å². The number of oxime groups is 1. The van der Waals surface area contributed by atoms with Gasteiger partial charge in [0.25, 0.3) is 0 Å². The molecule has 3 atom stereocenters. The number of rotatable bonds is 7. The Labute approximate surface area is 112 Å². The molecule has 0 saturated heterocycles. The minimum atomic E-state index is 0.507. The van der Waals surface area contributed by atoms with E-state index < -0.39 is 0 Å². The van der Waals surface area contributed by atoms with Gasteiger partial charge in [-0.1, -0.05) is 12.1 Å². The highest BCUT2D eigenvalue weighted by molar-refractivity contribution is 5.87. The molecule has 0 aromatic heterocycles. The molecule has 0 bridgehead atoms. The van der Waals surface area contributed by atoms with Crippen LogP contribution in [0.25, 0.3) is 0 Å². The van der Waals surface area contributed by atoms with Crippen LogP contribution in [0.5, 0.6) is 0 Å². The molecule has 4 nitrogen and oxygen atoms in total. The molecule has 1 aliphatic carbocycles. The maximum Gasteiger partial charge on any atom is 0.114 e. The van der Waals surface area contributed by atoms with Crippen molar-refractivity contribution >= 4 is 5.71 Å². The van der Waals surface area contributed by atoms with Crippen molar-refractivity contribution in [3.63, 3.8) is 0 Å². The van der Waals surface area contributed by atoms with Crippen molar-refractivity contribution in [3.05, 3.63) is 0 Å². The molecule has 0 spiro atoms. The summed E-state index contributed by atoms with van der Waals surface area (Å²) in [6, 6.07) is 1.11. The van der Waals surface area contributed by atoms with Crippen LogP contribution in [0, 0.1) is 5.92 Å². The van der Waals surface area contributed by atoms with Crippen LogP contribution in [-0.2, 0) is 4.84 Å². The predicted octanol–water partition coefficient (Wildman–Crippen LogP) is 2.16. The third-order valence-electron chi connectivity index (χ3n) is 3.98. The molecule has 106 valence electrons. The SMILES string of the molecule is CCON=C1CCCC(NC)C1CC(CC)NC. The highest BCUT2D eigenvalue weighted by atomic mass is 16.6. The van der Waals surface area contributed by atoms with Gasteiger partial charge in [-0.2, -0.15) is 0 Å². The fraction of sp³-hybridized carbons (Fsp3) is 0.929. The highest BCUT2D eigenvalue weighted by Gasteiger charge is 2.31. The molecule has 1 aliphatic rings. The van der Waals surface area contributed by atoms with E-state index in [0.29, 0.717) is 24.6 Å².